The molecule has 2 atom stereocenters. The van der Waals surface area contributed by atoms with Crippen LogP contribution in [0, 0.1) is 0 Å². The van der Waals surface area contributed by atoms with Gasteiger partial charge in [-0.3, -0.25) is 9.79 Å². The van der Waals surface area contributed by atoms with E-state index in [0.717, 1.165) is 29.1 Å². The third-order valence-electron chi connectivity index (χ3n) is 5.92. The van der Waals surface area contributed by atoms with E-state index in [1.807, 2.05) is 18.2 Å². The van der Waals surface area contributed by atoms with Crippen LogP contribution in [0.4, 0.5) is 5.69 Å². The second-order valence-electron chi connectivity index (χ2n) is 8.35. The summed E-state index contributed by atoms with van der Waals surface area (Å²) in [5, 5.41) is 3.74. The molecule has 2 heterocycles. The predicted molar refractivity (Wildman–Crippen MR) is 122 cm³/mol. The number of rotatable bonds is 4. The first-order chi connectivity index (χ1) is 14.6. The van der Waals surface area contributed by atoms with Crippen molar-refractivity contribution < 1.29 is 4.79 Å². The number of nitrogens with zero attached hydrogens (tertiary/aromatic N) is 2. The van der Waals surface area contributed by atoms with Crippen LogP contribution in [0.3, 0.4) is 0 Å². The van der Waals surface area contributed by atoms with Crippen LogP contribution in [-0.2, 0) is 6.54 Å². The quantitative estimate of drug-likeness (QED) is 0.697. The minimum absolute atomic E-state index is 0.0382. The highest BCUT2D eigenvalue weighted by Crippen LogP contribution is 2.45. The van der Waals surface area contributed by atoms with E-state index >= 15 is 0 Å². The summed E-state index contributed by atoms with van der Waals surface area (Å²) in [6.07, 6.45) is 0. The number of carbonyl (C=O) groups excluding carboxylic acids is 1. The van der Waals surface area contributed by atoms with Crippen LogP contribution < -0.4 is 5.32 Å². The van der Waals surface area contributed by atoms with Gasteiger partial charge in [0.15, 0.2) is 5.78 Å². The third kappa shape index (κ3) is 3.23. The topological polar surface area (TPSA) is 44.7 Å². The summed E-state index contributed by atoms with van der Waals surface area (Å²) in [6, 6.07) is 25.3. The largest absolute Gasteiger partial charge is 0.377 e. The normalized spacial score (nSPS) is 19.8. The molecule has 0 radical (unpaired) electrons. The molecule has 2 unspecified atom stereocenters. The third-order valence-corrected chi connectivity index (χ3v) is 5.92. The van der Waals surface area contributed by atoms with Gasteiger partial charge in [0.25, 0.3) is 0 Å². The Balaban J connectivity index is 1.69. The molecule has 2 aliphatic heterocycles. The highest BCUT2D eigenvalue weighted by molar-refractivity contribution is 6.21. The molecule has 2 aliphatic rings. The van der Waals surface area contributed by atoms with Crippen molar-refractivity contribution in [1.29, 1.82) is 0 Å². The predicted octanol–water partition coefficient (Wildman–Crippen LogP) is 4.68. The first-order valence-corrected chi connectivity index (χ1v) is 10.4. The summed E-state index contributed by atoms with van der Waals surface area (Å²) >= 11 is 0. The summed E-state index contributed by atoms with van der Waals surface area (Å²) in [6.45, 7) is 1.11. The van der Waals surface area contributed by atoms with Gasteiger partial charge in [-0.05, 0) is 36.9 Å². The number of hydrogen-bond acceptors (Lipinski definition) is 4. The van der Waals surface area contributed by atoms with Gasteiger partial charge in [0.2, 0.25) is 0 Å². The summed E-state index contributed by atoms with van der Waals surface area (Å²) in [5.41, 5.74) is 7.50. The molecule has 0 aliphatic carbocycles. The van der Waals surface area contributed by atoms with Crippen molar-refractivity contribution >= 4 is 17.2 Å². The molecule has 3 aromatic rings. The second kappa shape index (κ2) is 7.54. The Morgan fingerprint density at radius 1 is 0.967 bits per heavy atom. The summed E-state index contributed by atoms with van der Waals surface area (Å²) in [5.74, 6) is 0.131. The number of ketones is 1. The van der Waals surface area contributed by atoms with E-state index in [-0.39, 0.29) is 24.3 Å². The van der Waals surface area contributed by atoms with Gasteiger partial charge in [0, 0.05) is 23.4 Å². The molecule has 0 spiro atoms. The zero-order valence-electron chi connectivity index (χ0n) is 17.3. The minimum atomic E-state index is 0.0382. The first kappa shape index (κ1) is 18.8. The fraction of sp³-hybridized carbons (Fsp3) is 0.231. The van der Waals surface area contributed by atoms with Crippen LogP contribution in [0.2, 0.25) is 0 Å². The van der Waals surface area contributed by atoms with Gasteiger partial charge in [0.1, 0.15) is 6.54 Å². The molecule has 0 amide bonds. The average molecular weight is 396 g/mol. The maximum absolute atomic E-state index is 12.6. The molecule has 0 bridgehead atoms. The lowest BCUT2D eigenvalue weighted by atomic mass is 9.75. The zero-order valence-corrected chi connectivity index (χ0v) is 17.3. The van der Waals surface area contributed by atoms with E-state index in [1.54, 1.807) is 0 Å². The molecule has 0 fully saturated rings. The maximum atomic E-state index is 12.6. The maximum Gasteiger partial charge on any atom is 0.184 e. The van der Waals surface area contributed by atoms with Gasteiger partial charge >= 0.3 is 0 Å². The SMILES string of the molecule is CN(C)Cc1cccc(C2C3=NCC(=O)c4cccc(c43)NC2c2ccccc2)c1. The number of carbonyl (C=O) groups is 1. The number of benzene rings is 3. The summed E-state index contributed by atoms with van der Waals surface area (Å²) in [7, 11) is 4.17. The molecular formula is C26H25N3O. The lowest BCUT2D eigenvalue weighted by molar-refractivity contribution is 0.1000. The number of aliphatic imine (C=N–C) groups is 1. The van der Waals surface area contributed by atoms with Crippen molar-refractivity contribution in [3.8, 4) is 0 Å². The molecule has 30 heavy (non-hydrogen) atoms. The van der Waals surface area contributed by atoms with Crippen LogP contribution in [0.5, 0.6) is 0 Å². The Labute approximate surface area is 177 Å². The van der Waals surface area contributed by atoms with E-state index in [1.165, 1.54) is 16.7 Å². The molecule has 5 rings (SSSR count). The lowest BCUT2D eigenvalue weighted by Crippen LogP contribution is -2.36. The number of hydrogen-bond donors (Lipinski definition) is 1. The highest BCUT2D eigenvalue weighted by atomic mass is 16.1. The van der Waals surface area contributed by atoms with Gasteiger partial charge in [-0.15, -0.1) is 0 Å². The van der Waals surface area contributed by atoms with Crippen molar-refractivity contribution in [2.45, 2.75) is 18.5 Å². The van der Waals surface area contributed by atoms with Gasteiger partial charge in [-0.1, -0.05) is 66.7 Å². The van der Waals surface area contributed by atoms with Gasteiger partial charge in [-0.25, -0.2) is 0 Å². The molecule has 4 heteroatoms. The average Bonchev–Trinajstić information content (AvgIpc) is 2.76. The number of nitrogens with one attached hydrogen (secondary N) is 1. The smallest absolute Gasteiger partial charge is 0.184 e. The minimum Gasteiger partial charge on any atom is -0.377 e. The lowest BCUT2D eigenvalue weighted by Gasteiger charge is -2.38. The highest BCUT2D eigenvalue weighted by Gasteiger charge is 2.39. The van der Waals surface area contributed by atoms with E-state index in [4.69, 9.17) is 4.99 Å². The van der Waals surface area contributed by atoms with E-state index in [9.17, 15) is 4.79 Å². The standard InChI is InChI=1S/C26H25N3O/c1-29(2)16-17-8-6-11-19(14-17)23-25(18-9-4-3-5-10-18)28-21-13-7-12-20-22(30)15-27-26(23)24(20)21/h3-14,23,25,28H,15-16H2,1-2H3. The molecule has 3 aromatic carbocycles. The Morgan fingerprint density at radius 2 is 1.73 bits per heavy atom. The van der Waals surface area contributed by atoms with E-state index in [2.05, 4.69) is 78.9 Å². The van der Waals surface area contributed by atoms with Crippen molar-refractivity contribution in [3.63, 3.8) is 0 Å². The van der Waals surface area contributed by atoms with Crippen LogP contribution in [0.25, 0.3) is 0 Å². The van der Waals surface area contributed by atoms with Crippen LogP contribution >= 0.6 is 0 Å². The van der Waals surface area contributed by atoms with E-state index < -0.39 is 0 Å². The van der Waals surface area contributed by atoms with Crippen molar-refractivity contribution in [3.05, 3.63) is 101 Å². The molecular weight excluding hydrogens is 370 g/mol. The van der Waals surface area contributed by atoms with Crippen LogP contribution in [0.15, 0.2) is 77.8 Å². The van der Waals surface area contributed by atoms with E-state index in [0.29, 0.717) is 0 Å². The van der Waals surface area contributed by atoms with Crippen LogP contribution in [0.1, 0.15) is 44.6 Å². The molecule has 0 saturated carbocycles. The zero-order chi connectivity index (χ0) is 20.7. The van der Waals surface area contributed by atoms with Crippen molar-refractivity contribution in [1.82, 2.24) is 4.90 Å². The Morgan fingerprint density at radius 3 is 2.53 bits per heavy atom. The molecule has 4 nitrogen and oxygen atoms in total. The summed E-state index contributed by atoms with van der Waals surface area (Å²) < 4.78 is 0. The fourth-order valence-electron chi connectivity index (χ4n) is 4.70. The van der Waals surface area contributed by atoms with Gasteiger partial charge in [0.05, 0.1) is 17.7 Å². The number of Topliss-reactive ketones (excluding diaryl/α,β-unsaturated/α-hetero) is 1. The Kier molecular flexibility index (Phi) is 4.72. The molecule has 1 N–H and O–H groups in total. The van der Waals surface area contributed by atoms with Crippen molar-refractivity contribution in [2.24, 2.45) is 4.99 Å². The Bertz CT molecular complexity index is 1130. The fourth-order valence-corrected chi connectivity index (χ4v) is 4.70. The first-order valence-electron chi connectivity index (χ1n) is 10.4. The summed E-state index contributed by atoms with van der Waals surface area (Å²) in [4.78, 5) is 19.6. The van der Waals surface area contributed by atoms with Crippen LogP contribution in [-0.4, -0.2) is 37.0 Å². The monoisotopic (exact) mass is 395 g/mol. The molecule has 0 saturated heterocycles. The Hall–Kier alpha value is -3.24. The van der Waals surface area contributed by atoms with Gasteiger partial charge < -0.3 is 10.2 Å². The molecule has 150 valence electrons. The van der Waals surface area contributed by atoms with Gasteiger partial charge in [-0.2, -0.15) is 0 Å². The number of anilines is 1. The van der Waals surface area contributed by atoms with Crippen molar-refractivity contribution in [2.75, 3.05) is 26.0 Å². The second-order valence-corrected chi connectivity index (χ2v) is 8.35. The molecule has 0 aromatic heterocycles.